The van der Waals surface area contributed by atoms with Crippen LogP contribution >= 0.6 is 24.8 Å². The number of piperazine rings is 1. The minimum atomic E-state index is 0. The third-order valence-corrected chi connectivity index (χ3v) is 2.48. The molecule has 1 N–H and O–H groups in total. The van der Waals surface area contributed by atoms with Crippen LogP contribution < -0.4 is 10.2 Å². The molecule has 88 valence electrons. The molecule has 0 radical (unpaired) electrons. The van der Waals surface area contributed by atoms with Gasteiger partial charge in [-0.1, -0.05) is 12.1 Å². The van der Waals surface area contributed by atoms with Crippen molar-refractivity contribution in [2.24, 2.45) is 0 Å². The van der Waals surface area contributed by atoms with Gasteiger partial charge in [0.15, 0.2) is 0 Å². The Balaban J connectivity index is 0.00000112. The molecular formula is C11H15Cl2N3. The SMILES string of the molecule is Cl.Cl.N#Cc1ccccc1N1CCNCC1. The second-order valence-electron chi connectivity index (χ2n) is 3.37. The predicted molar refractivity (Wildman–Crippen MR) is 70.7 cm³/mol. The summed E-state index contributed by atoms with van der Waals surface area (Å²) in [5.41, 5.74) is 1.84. The van der Waals surface area contributed by atoms with Gasteiger partial charge >= 0.3 is 0 Å². The lowest BCUT2D eigenvalue weighted by molar-refractivity contribution is 0.589. The topological polar surface area (TPSA) is 39.1 Å². The van der Waals surface area contributed by atoms with Crippen molar-refractivity contribution in [2.45, 2.75) is 0 Å². The molecule has 0 bridgehead atoms. The van der Waals surface area contributed by atoms with Gasteiger partial charge in [-0.2, -0.15) is 5.26 Å². The van der Waals surface area contributed by atoms with E-state index in [9.17, 15) is 0 Å². The zero-order valence-corrected chi connectivity index (χ0v) is 10.5. The van der Waals surface area contributed by atoms with E-state index >= 15 is 0 Å². The van der Waals surface area contributed by atoms with E-state index in [-0.39, 0.29) is 24.8 Å². The van der Waals surface area contributed by atoms with Gasteiger partial charge in [0.25, 0.3) is 0 Å². The lowest BCUT2D eigenvalue weighted by atomic mass is 10.1. The van der Waals surface area contributed by atoms with Crippen molar-refractivity contribution in [3.8, 4) is 6.07 Å². The number of hydrogen-bond acceptors (Lipinski definition) is 3. The van der Waals surface area contributed by atoms with Crippen molar-refractivity contribution in [3.05, 3.63) is 29.8 Å². The highest BCUT2D eigenvalue weighted by atomic mass is 35.5. The highest BCUT2D eigenvalue weighted by Gasteiger charge is 2.12. The molecule has 0 aliphatic carbocycles. The van der Waals surface area contributed by atoms with Crippen molar-refractivity contribution in [1.82, 2.24) is 5.32 Å². The number of anilines is 1. The van der Waals surface area contributed by atoms with Crippen molar-refractivity contribution < 1.29 is 0 Å². The largest absolute Gasteiger partial charge is 0.368 e. The predicted octanol–water partition coefficient (Wildman–Crippen LogP) is 1.81. The molecule has 16 heavy (non-hydrogen) atoms. The van der Waals surface area contributed by atoms with Crippen molar-refractivity contribution >= 4 is 30.5 Å². The number of nitriles is 1. The van der Waals surface area contributed by atoms with E-state index in [4.69, 9.17) is 5.26 Å². The van der Waals surface area contributed by atoms with E-state index in [1.54, 1.807) is 0 Å². The smallest absolute Gasteiger partial charge is 0.101 e. The van der Waals surface area contributed by atoms with Crippen LogP contribution in [-0.2, 0) is 0 Å². The summed E-state index contributed by atoms with van der Waals surface area (Å²) in [7, 11) is 0. The molecule has 0 unspecified atom stereocenters. The zero-order chi connectivity index (χ0) is 9.80. The maximum atomic E-state index is 8.96. The minimum Gasteiger partial charge on any atom is -0.368 e. The van der Waals surface area contributed by atoms with Gasteiger partial charge in [0.1, 0.15) is 6.07 Å². The molecule has 1 aliphatic heterocycles. The Hall–Kier alpha value is -0.950. The Bertz CT molecular complexity index is 356. The number of halogens is 2. The molecule has 5 heteroatoms. The van der Waals surface area contributed by atoms with Crippen LogP contribution in [0.3, 0.4) is 0 Å². The fourth-order valence-electron chi connectivity index (χ4n) is 1.75. The summed E-state index contributed by atoms with van der Waals surface area (Å²) < 4.78 is 0. The third-order valence-electron chi connectivity index (χ3n) is 2.48. The first-order chi connectivity index (χ1) is 6.92. The maximum Gasteiger partial charge on any atom is 0.101 e. The molecule has 0 aromatic heterocycles. The first-order valence-corrected chi connectivity index (χ1v) is 4.86. The maximum absolute atomic E-state index is 8.96. The monoisotopic (exact) mass is 259 g/mol. The molecule has 1 saturated heterocycles. The Labute approximate surface area is 108 Å². The van der Waals surface area contributed by atoms with Gasteiger partial charge in [-0.25, -0.2) is 0 Å². The lowest BCUT2D eigenvalue weighted by Gasteiger charge is -2.29. The number of hydrogen-bond donors (Lipinski definition) is 1. The fourth-order valence-corrected chi connectivity index (χ4v) is 1.75. The van der Waals surface area contributed by atoms with Gasteiger partial charge in [0.2, 0.25) is 0 Å². The summed E-state index contributed by atoms with van der Waals surface area (Å²) in [5, 5.41) is 12.3. The van der Waals surface area contributed by atoms with Crippen LogP contribution in [0.25, 0.3) is 0 Å². The third kappa shape index (κ3) is 3.28. The quantitative estimate of drug-likeness (QED) is 0.837. The molecule has 3 nitrogen and oxygen atoms in total. The summed E-state index contributed by atoms with van der Waals surface area (Å²) in [5.74, 6) is 0. The summed E-state index contributed by atoms with van der Waals surface area (Å²) in [6, 6.07) is 10.0. The minimum absolute atomic E-state index is 0. The molecule has 1 aromatic rings. The Kier molecular flexibility index (Phi) is 6.91. The average molecular weight is 260 g/mol. The zero-order valence-electron chi connectivity index (χ0n) is 8.85. The number of nitrogens with one attached hydrogen (secondary N) is 1. The summed E-state index contributed by atoms with van der Waals surface area (Å²) in [6.45, 7) is 3.97. The molecule has 1 aliphatic rings. The molecule has 0 spiro atoms. The average Bonchev–Trinajstić information content (AvgIpc) is 2.30. The van der Waals surface area contributed by atoms with E-state index in [1.165, 1.54) is 0 Å². The van der Waals surface area contributed by atoms with Gasteiger partial charge in [0, 0.05) is 26.2 Å². The highest BCUT2D eigenvalue weighted by molar-refractivity contribution is 5.85. The van der Waals surface area contributed by atoms with Crippen LogP contribution in [0.5, 0.6) is 0 Å². The first kappa shape index (κ1) is 15.0. The van der Waals surface area contributed by atoms with Crippen LogP contribution in [0.15, 0.2) is 24.3 Å². The molecule has 1 aromatic carbocycles. The Morgan fingerprint density at radius 1 is 1.12 bits per heavy atom. The van der Waals surface area contributed by atoms with E-state index in [0.29, 0.717) is 0 Å². The van der Waals surface area contributed by atoms with Crippen LogP contribution in [0, 0.1) is 11.3 Å². The second kappa shape index (κ2) is 7.34. The van der Waals surface area contributed by atoms with Crippen LogP contribution in [0.4, 0.5) is 5.69 Å². The summed E-state index contributed by atoms with van der Waals surface area (Å²) in [6.07, 6.45) is 0. The number of nitrogens with zero attached hydrogens (tertiary/aromatic N) is 2. The number of rotatable bonds is 1. The van der Waals surface area contributed by atoms with E-state index < -0.39 is 0 Å². The Morgan fingerprint density at radius 3 is 2.38 bits per heavy atom. The van der Waals surface area contributed by atoms with Gasteiger partial charge in [-0.15, -0.1) is 24.8 Å². The normalized spacial score (nSPS) is 14.3. The van der Waals surface area contributed by atoms with E-state index in [1.807, 2.05) is 24.3 Å². The second-order valence-corrected chi connectivity index (χ2v) is 3.37. The van der Waals surface area contributed by atoms with Crippen LogP contribution in [0.1, 0.15) is 5.56 Å². The standard InChI is InChI=1S/C11H13N3.2ClH/c12-9-10-3-1-2-4-11(10)14-7-5-13-6-8-14;;/h1-4,13H,5-8H2;2*1H. The van der Waals surface area contributed by atoms with Crippen LogP contribution in [0.2, 0.25) is 0 Å². The fraction of sp³-hybridized carbons (Fsp3) is 0.364. The molecule has 0 amide bonds. The Morgan fingerprint density at radius 2 is 1.75 bits per heavy atom. The molecule has 1 fully saturated rings. The van der Waals surface area contributed by atoms with E-state index in [2.05, 4.69) is 16.3 Å². The molecular weight excluding hydrogens is 245 g/mol. The molecule has 1 heterocycles. The van der Waals surface area contributed by atoms with Crippen molar-refractivity contribution in [2.75, 3.05) is 31.1 Å². The molecule has 0 saturated carbocycles. The van der Waals surface area contributed by atoms with Gasteiger partial charge in [-0.3, -0.25) is 0 Å². The lowest BCUT2D eigenvalue weighted by Crippen LogP contribution is -2.43. The molecule has 0 atom stereocenters. The summed E-state index contributed by atoms with van der Waals surface area (Å²) >= 11 is 0. The van der Waals surface area contributed by atoms with Crippen LogP contribution in [-0.4, -0.2) is 26.2 Å². The summed E-state index contributed by atoms with van der Waals surface area (Å²) in [4.78, 5) is 2.26. The van der Waals surface area contributed by atoms with E-state index in [0.717, 1.165) is 37.4 Å². The highest BCUT2D eigenvalue weighted by Crippen LogP contribution is 2.19. The first-order valence-electron chi connectivity index (χ1n) is 4.86. The molecule has 2 rings (SSSR count). The van der Waals surface area contributed by atoms with Gasteiger partial charge in [-0.05, 0) is 12.1 Å². The number of para-hydroxylation sites is 1. The van der Waals surface area contributed by atoms with Crippen molar-refractivity contribution in [3.63, 3.8) is 0 Å². The van der Waals surface area contributed by atoms with Gasteiger partial charge < -0.3 is 10.2 Å². The van der Waals surface area contributed by atoms with Crippen molar-refractivity contribution in [1.29, 1.82) is 5.26 Å². The van der Waals surface area contributed by atoms with Gasteiger partial charge in [0.05, 0.1) is 11.3 Å². The number of benzene rings is 1.